The van der Waals surface area contributed by atoms with E-state index in [1.165, 1.54) is 22.9 Å². The van der Waals surface area contributed by atoms with Gasteiger partial charge < -0.3 is 4.74 Å². The van der Waals surface area contributed by atoms with Gasteiger partial charge in [0.15, 0.2) is 0 Å². The molecular weight excluding hydrogens is 315 g/mol. The van der Waals surface area contributed by atoms with Gasteiger partial charge in [-0.2, -0.15) is 0 Å². The Bertz CT molecular complexity index is 864. The number of nitrogens with zero attached hydrogens (tertiary/aromatic N) is 2. The predicted octanol–water partition coefficient (Wildman–Crippen LogP) is 2.28. The van der Waals surface area contributed by atoms with Gasteiger partial charge in [0.1, 0.15) is 11.4 Å². The SMILES string of the molecule is CC(C)OC(=O)c1cn(C(C)C)c(=O)n(-c2ccc(F)cc2)c1=O. The summed E-state index contributed by atoms with van der Waals surface area (Å²) >= 11 is 0. The van der Waals surface area contributed by atoms with Crippen LogP contribution >= 0.6 is 0 Å². The van der Waals surface area contributed by atoms with Crippen molar-refractivity contribution in [3.8, 4) is 5.69 Å². The molecule has 0 bridgehead atoms. The minimum atomic E-state index is -0.805. The van der Waals surface area contributed by atoms with Crippen LogP contribution in [-0.2, 0) is 4.74 Å². The second kappa shape index (κ2) is 6.82. The van der Waals surface area contributed by atoms with Crippen LogP contribution in [0.25, 0.3) is 5.69 Å². The maximum Gasteiger partial charge on any atom is 0.345 e. The lowest BCUT2D eigenvalue weighted by Gasteiger charge is -2.16. The number of hydrogen-bond acceptors (Lipinski definition) is 4. The Labute approximate surface area is 138 Å². The monoisotopic (exact) mass is 334 g/mol. The zero-order valence-electron chi connectivity index (χ0n) is 13.9. The van der Waals surface area contributed by atoms with Gasteiger partial charge in [-0.05, 0) is 52.0 Å². The topological polar surface area (TPSA) is 70.3 Å². The number of esters is 1. The van der Waals surface area contributed by atoms with Crippen molar-refractivity contribution in [1.82, 2.24) is 9.13 Å². The normalized spacial score (nSPS) is 11.1. The molecule has 128 valence electrons. The minimum Gasteiger partial charge on any atom is -0.459 e. The molecule has 1 aromatic heterocycles. The van der Waals surface area contributed by atoms with Crippen LogP contribution < -0.4 is 11.2 Å². The summed E-state index contributed by atoms with van der Waals surface area (Å²) in [6, 6.07) is 4.61. The molecule has 0 saturated heterocycles. The molecule has 0 aliphatic carbocycles. The third-order valence-corrected chi connectivity index (χ3v) is 3.32. The summed E-state index contributed by atoms with van der Waals surface area (Å²) in [6.07, 6.45) is 0.802. The first-order valence-corrected chi connectivity index (χ1v) is 7.57. The van der Waals surface area contributed by atoms with Crippen LogP contribution in [0, 0.1) is 5.82 Å². The van der Waals surface area contributed by atoms with Gasteiger partial charge in [0.25, 0.3) is 5.56 Å². The molecule has 1 aromatic carbocycles. The summed E-state index contributed by atoms with van der Waals surface area (Å²) < 4.78 is 20.3. The van der Waals surface area contributed by atoms with E-state index in [0.717, 1.165) is 16.7 Å². The van der Waals surface area contributed by atoms with Crippen molar-refractivity contribution in [3.63, 3.8) is 0 Å². The number of halogens is 1. The lowest BCUT2D eigenvalue weighted by atomic mass is 10.2. The highest BCUT2D eigenvalue weighted by atomic mass is 19.1. The lowest BCUT2D eigenvalue weighted by molar-refractivity contribution is 0.0374. The molecule has 24 heavy (non-hydrogen) atoms. The van der Waals surface area contributed by atoms with E-state index >= 15 is 0 Å². The Balaban J connectivity index is 2.76. The van der Waals surface area contributed by atoms with E-state index in [1.54, 1.807) is 27.7 Å². The molecule has 0 N–H and O–H groups in total. The van der Waals surface area contributed by atoms with Crippen molar-refractivity contribution >= 4 is 5.97 Å². The number of hydrogen-bond donors (Lipinski definition) is 0. The Morgan fingerprint density at radius 2 is 1.67 bits per heavy atom. The first-order valence-electron chi connectivity index (χ1n) is 7.57. The highest BCUT2D eigenvalue weighted by Gasteiger charge is 2.21. The number of carbonyl (C=O) groups is 1. The molecule has 7 heteroatoms. The molecule has 0 atom stereocenters. The number of carbonyl (C=O) groups excluding carboxylic acids is 1. The molecule has 0 unspecified atom stereocenters. The van der Waals surface area contributed by atoms with Gasteiger partial charge in [0.05, 0.1) is 11.8 Å². The zero-order valence-corrected chi connectivity index (χ0v) is 13.9. The lowest BCUT2D eigenvalue weighted by Crippen LogP contribution is -2.42. The van der Waals surface area contributed by atoms with Crippen LogP contribution in [0.4, 0.5) is 4.39 Å². The highest BCUT2D eigenvalue weighted by Crippen LogP contribution is 2.08. The molecule has 2 aromatic rings. The zero-order chi connectivity index (χ0) is 18.0. The molecule has 0 fully saturated rings. The first kappa shape index (κ1) is 17.7. The Morgan fingerprint density at radius 3 is 2.17 bits per heavy atom. The third-order valence-electron chi connectivity index (χ3n) is 3.32. The van der Waals surface area contributed by atoms with Crippen LogP contribution in [-0.4, -0.2) is 21.2 Å². The molecular formula is C17H19FN2O4. The molecule has 0 aliphatic heterocycles. The molecule has 0 aliphatic rings. The van der Waals surface area contributed by atoms with Gasteiger partial charge in [-0.15, -0.1) is 0 Å². The van der Waals surface area contributed by atoms with Crippen LogP contribution in [0.15, 0.2) is 40.1 Å². The van der Waals surface area contributed by atoms with Crippen LogP contribution in [0.3, 0.4) is 0 Å². The molecule has 6 nitrogen and oxygen atoms in total. The second-order valence-corrected chi connectivity index (χ2v) is 5.90. The quantitative estimate of drug-likeness (QED) is 0.804. The summed E-state index contributed by atoms with van der Waals surface area (Å²) in [5.74, 6) is -1.30. The summed E-state index contributed by atoms with van der Waals surface area (Å²) in [4.78, 5) is 37.4. The van der Waals surface area contributed by atoms with Gasteiger partial charge >= 0.3 is 11.7 Å². The van der Waals surface area contributed by atoms with E-state index in [0.29, 0.717) is 0 Å². The van der Waals surface area contributed by atoms with Gasteiger partial charge in [0, 0.05) is 12.2 Å². The van der Waals surface area contributed by atoms with Gasteiger partial charge in [0.2, 0.25) is 0 Å². The maximum atomic E-state index is 13.1. The number of benzene rings is 1. The van der Waals surface area contributed by atoms with Gasteiger partial charge in [-0.1, -0.05) is 0 Å². The van der Waals surface area contributed by atoms with E-state index in [4.69, 9.17) is 4.74 Å². The summed E-state index contributed by atoms with van der Waals surface area (Å²) in [5.41, 5.74) is -1.47. The van der Waals surface area contributed by atoms with Crippen molar-refractivity contribution in [2.75, 3.05) is 0 Å². The molecule has 0 radical (unpaired) electrons. The molecule has 0 saturated carbocycles. The van der Waals surface area contributed by atoms with Crippen molar-refractivity contribution in [2.45, 2.75) is 39.8 Å². The summed E-state index contributed by atoms with van der Waals surface area (Å²) in [6.45, 7) is 6.82. The van der Waals surface area contributed by atoms with E-state index in [1.807, 2.05) is 0 Å². The number of ether oxygens (including phenoxy) is 1. The number of rotatable bonds is 4. The average molecular weight is 334 g/mol. The Morgan fingerprint density at radius 1 is 1.08 bits per heavy atom. The molecule has 1 heterocycles. The fourth-order valence-corrected chi connectivity index (χ4v) is 2.18. The van der Waals surface area contributed by atoms with Crippen molar-refractivity contribution in [2.24, 2.45) is 0 Å². The van der Waals surface area contributed by atoms with E-state index in [-0.39, 0.29) is 17.3 Å². The smallest absolute Gasteiger partial charge is 0.345 e. The Kier molecular flexibility index (Phi) is 5.02. The van der Waals surface area contributed by atoms with Crippen molar-refractivity contribution in [3.05, 3.63) is 62.7 Å². The molecule has 2 rings (SSSR count). The average Bonchev–Trinajstić information content (AvgIpc) is 2.48. The van der Waals surface area contributed by atoms with E-state index in [2.05, 4.69) is 0 Å². The van der Waals surface area contributed by atoms with Crippen molar-refractivity contribution in [1.29, 1.82) is 0 Å². The van der Waals surface area contributed by atoms with Gasteiger partial charge in [-0.25, -0.2) is 18.5 Å². The first-order chi connectivity index (χ1) is 11.2. The van der Waals surface area contributed by atoms with Crippen LogP contribution in [0.5, 0.6) is 0 Å². The summed E-state index contributed by atoms with van der Waals surface area (Å²) in [5, 5.41) is 0. The largest absolute Gasteiger partial charge is 0.459 e. The van der Waals surface area contributed by atoms with Crippen LogP contribution in [0.1, 0.15) is 44.1 Å². The fourth-order valence-electron chi connectivity index (χ4n) is 2.18. The minimum absolute atomic E-state index is 0.181. The second-order valence-electron chi connectivity index (χ2n) is 5.90. The Hall–Kier alpha value is -2.70. The predicted molar refractivity (Wildman–Crippen MR) is 87.2 cm³/mol. The third kappa shape index (κ3) is 3.45. The maximum absolute atomic E-state index is 13.1. The fraction of sp³-hybridized carbons (Fsp3) is 0.353. The molecule has 0 amide bonds. The van der Waals surface area contributed by atoms with Crippen LogP contribution in [0.2, 0.25) is 0 Å². The van der Waals surface area contributed by atoms with Crippen molar-refractivity contribution < 1.29 is 13.9 Å². The highest BCUT2D eigenvalue weighted by molar-refractivity contribution is 5.88. The molecule has 0 spiro atoms. The van der Waals surface area contributed by atoms with E-state index < -0.39 is 29.1 Å². The standard InChI is InChI=1S/C17H19FN2O4/c1-10(2)19-9-14(16(22)24-11(3)4)15(21)20(17(19)23)13-7-5-12(18)6-8-13/h5-11H,1-4H3. The number of aromatic nitrogens is 2. The van der Waals surface area contributed by atoms with E-state index in [9.17, 15) is 18.8 Å². The summed E-state index contributed by atoms with van der Waals surface area (Å²) in [7, 11) is 0. The van der Waals surface area contributed by atoms with Gasteiger partial charge in [-0.3, -0.25) is 9.36 Å².